The van der Waals surface area contributed by atoms with Crippen molar-refractivity contribution in [3.05, 3.63) is 59.2 Å². The molecule has 2 heterocycles. The van der Waals surface area contributed by atoms with Crippen LogP contribution in [0, 0.1) is 13.8 Å². The Morgan fingerprint density at radius 1 is 1.03 bits per heavy atom. The Morgan fingerprint density at radius 2 is 1.75 bits per heavy atom. The molecule has 0 saturated carbocycles. The van der Waals surface area contributed by atoms with Crippen LogP contribution in [-0.2, 0) is 14.8 Å². The zero-order chi connectivity index (χ0) is 22.7. The van der Waals surface area contributed by atoms with Crippen molar-refractivity contribution in [1.82, 2.24) is 9.21 Å². The van der Waals surface area contributed by atoms with Gasteiger partial charge in [-0.1, -0.05) is 6.07 Å². The van der Waals surface area contributed by atoms with Crippen molar-refractivity contribution in [3.63, 3.8) is 0 Å². The molecule has 2 aliphatic rings. The first kappa shape index (κ1) is 22.8. The molecule has 1 atom stereocenters. The summed E-state index contributed by atoms with van der Waals surface area (Å²) in [5.41, 5.74) is 2.57. The molecule has 172 valence electrons. The van der Waals surface area contributed by atoms with E-state index in [1.54, 1.807) is 41.3 Å². The minimum absolute atomic E-state index is 0.0982. The van der Waals surface area contributed by atoms with E-state index in [4.69, 9.17) is 9.47 Å². The van der Waals surface area contributed by atoms with E-state index >= 15 is 0 Å². The van der Waals surface area contributed by atoms with Crippen LogP contribution < -0.4 is 4.74 Å². The van der Waals surface area contributed by atoms with Crippen molar-refractivity contribution < 1.29 is 22.7 Å². The number of piperazine rings is 1. The van der Waals surface area contributed by atoms with Gasteiger partial charge in [0, 0.05) is 38.3 Å². The fourth-order valence-corrected chi connectivity index (χ4v) is 5.50. The average Bonchev–Trinajstić information content (AvgIpc) is 3.33. The van der Waals surface area contributed by atoms with E-state index in [1.165, 1.54) is 4.31 Å². The number of hydrogen-bond donors (Lipinski definition) is 0. The van der Waals surface area contributed by atoms with Crippen molar-refractivity contribution in [2.45, 2.75) is 37.7 Å². The highest BCUT2D eigenvalue weighted by Gasteiger charge is 2.30. The number of aryl methyl sites for hydroxylation is 2. The van der Waals surface area contributed by atoms with Gasteiger partial charge in [0.05, 0.1) is 11.0 Å². The average molecular weight is 459 g/mol. The number of nitrogens with zero attached hydrogens (tertiary/aromatic N) is 2. The molecular formula is C24H30N2O5S. The largest absolute Gasteiger partial charge is 0.491 e. The van der Waals surface area contributed by atoms with Gasteiger partial charge in [-0.15, -0.1) is 0 Å². The van der Waals surface area contributed by atoms with Crippen molar-refractivity contribution in [3.8, 4) is 5.75 Å². The monoisotopic (exact) mass is 458 g/mol. The molecule has 2 aromatic rings. The Hall–Kier alpha value is -2.42. The molecule has 7 nitrogen and oxygen atoms in total. The number of rotatable bonds is 6. The highest BCUT2D eigenvalue weighted by Crippen LogP contribution is 2.22. The maximum absolute atomic E-state index is 13.0. The van der Waals surface area contributed by atoms with Crippen molar-refractivity contribution in [2.75, 3.05) is 39.4 Å². The Morgan fingerprint density at radius 3 is 2.38 bits per heavy atom. The molecule has 1 amide bonds. The lowest BCUT2D eigenvalue weighted by atomic mass is 10.1. The maximum atomic E-state index is 13.0. The Kier molecular flexibility index (Phi) is 6.83. The number of carbonyl (C=O) groups excluding carboxylic acids is 1. The summed E-state index contributed by atoms with van der Waals surface area (Å²) in [5.74, 6) is 0.611. The zero-order valence-corrected chi connectivity index (χ0v) is 19.4. The van der Waals surface area contributed by atoms with Gasteiger partial charge in [0.25, 0.3) is 5.91 Å². The molecule has 0 spiro atoms. The molecule has 2 saturated heterocycles. The summed E-state index contributed by atoms with van der Waals surface area (Å²) in [5, 5.41) is 0. The molecule has 4 rings (SSSR count). The fourth-order valence-electron chi connectivity index (χ4n) is 4.00. The molecule has 0 N–H and O–H groups in total. The molecule has 2 aromatic carbocycles. The van der Waals surface area contributed by atoms with Crippen LogP contribution in [0.25, 0.3) is 0 Å². The van der Waals surface area contributed by atoms with Crippen LogP contribution in [0.1, 0.15) is 34.3 Å². The summed E-state index contributed by atoms with van der Waals surface area (Å²) in [6.07, 6.45) is 2.23. The standard InChI is InChI=1S/C24H30N2O5S/c1-18-5-10-23(16-19(18)2)32(28,29)26-13-11-25(12-14-26)24(27)20-6-8-21(9-7-20)31-17-22-4-3-15-30-22/h5-10,16,22H,3-4,11-15,17H2,1-2H3/t22-/m0/s1. The van der Waals surface area contributed by atoms with E-state index in [0.717, 1.165) is 30.6 Å². The van der Waals surface area contributed by atoms with E-state index in [9.17, 15) is 13.2 Å². The topological polar surface area (TPSA) is 76.2 Å². The molecule has 32 heavy (non-hydrogen) atoms. The van der Waals surface area contributed by atoms with Crippen molar-refractivity contribution >= 4 is 15.9 Å². The quantitative estimate of drug-likeness (QED) is 0.665. The summed E-state index contributed by atoms with van der Waals surface area (Å²) in [7, 11) is -3.57. The third kappa shape index (κ3) is 4.98. The third-order valence-corrected chi connectivity index (χ3v) is 8.10. The summed E-state index contributed by atoms with van der Waals surface area (Å²) >= 11 is 0. The second-order valence-electron chi connectivity index (χ2n) is 8.41. The molecule has 0 aromatic heterocycles. The normalized spacial score (nSPS) is 19.8. The highest BCUT2D eigenvalue weighted by molar-refractivity contribution is 7.89. The smallest absolute Gasteiger partial charge is 0.253 e. The van der Waals surface area contributed by atoms with Crippen LogP contribution in [0.3, 0.4) is 0 Å². The van der Waals surface area contributed by atoms with E-state index in [0.29, 0.717) is 35.9 Å². The number of benzene rings is 2. The number of carbonyl (C=O) groups is 1. The molecule has 0 aliphatic carbocycles. The van der Waals surface area contributed by atoms with Crippen LogP contribution in [-0.4, -0.2) is 69.0 Å². The van der Waals surface area contributed by atoms with E-state index < -0.39 is 10.0 Å². The van der Waals surface area contributed by atoms with E-state index in [1.807, 2.05) is 19.9 Å². The van der Waals surface area contributed by atoms with Gasteiger partial charge in [0.2, 0.25) is 10.0 Å². The van der Waals surface area contributed by atoms with Crippen molar-refractivity contribution in [1.29, 1.82) is 0 Å². The second-order valence-corrected chi connectivity index (χ2v) is 10.4. The minimum Gasteiger partial charge on any atom is -0.491 e. The second kappa shape index (κ2) is 9.60. The number of ether oxygens (including phenoxy) is 2. The number of amides is 1. The van der Waals surface area contributed by atoms with Gasteiger partial charge in [-0.2, -0.15) is 4.31 Å². The van der Waals surface area contributed by atoms with Crippen LogP contribution >= 0.6 is 0 Å². The van der Waals surface area contributed by atoms with Gasteiger partial charge in [-0.3, -0.25) is 4.79 Å². The predicted octanol–water partition coefficient (Wildman–Crippen LogP) is 3.01. The lowest BCUT2D eigenvalue weighted by Crippen LogP contribution is -2.50. The predicted molar refractivity (Wildman–Crippen MR) is 121 cm³/mol. The summed E-state index contributed by atoms with van der Waals surface area (Å²) < 4.78 is 38.8. The van der Waals surface area contributed by atoms with Crippen LogP contribution in [0.5, 0.6) is 5.75 Å². The Balaban J connectivity index is 1.33. The molecule has 2 fully saturated rings. The molecule has 0 unspecified atom stereocenters. The van der Waals surface area contributed by atoms with Gasteiger partial charge in [0.1, 0.15) is 12.4 Å². The Labute approximate surface area is 190 Å². The molecule has 0 radical (unpaired) electrons. The molecule has 0 bridgehead atoms. The maximum Gasteiger partial charge on any atom is 0.253 e. The highest BCUT2D eigenvalue weighted by atomic mass is 32.2. The third-order valence-electron chi connectivity index (χ3n) is 6.20. The lowest BCUT2D eigenvalue weighted by molar-refractivity contribution is 0.0676. The summed E-state index contributed by atoms with van der Waals surface area (Å²) in [6.45, 7) is 6.46. The van der Waals surface area contributed by atoms with Gasteiger partial charge in [0.15, 0.2) is 0 Å². The number of sulfonamides is 1. The van der Waals surface area contributed by atoms with Gasteiger partial charge in [-0.25, -0.2) is 8.42 Å². The van der Waals surface area contributed by atoms with Gasteiger partial charge >= 0.3 is 0 Å². The fraction of sp³-hybridized carbons (Fsp3) is 0.458. The van der Waals surface area contributed by atoms with Crippen molar-refractivity contribution in [2.24, 2.45) is 0 Å². The molecule has 2 aliphatic heterocycles. The summed E-state index contributed by atoms with van der Waals surface area (Å²) in [6, 6.07) is 12.3. The van der Waals surface area contributed by atoms with Gasteiger partial charge in [-0.05, 0) is 74.2 Å². The first-order valence-corrected chi connectivity index (χ1v) is 12.5. The van der Waals surface area contributed by atoms with Crippen LogP contribution in [0.4, 0.5) is 0 Å². The molecular weight excluding hydrogens is 428 g/mol. The summed E-state index contributed by atoms with van der Waals surface area (Å²) in [4.78, 5) is 14.9. The van der Waals surface area contributed by atoms with E-state index in [-0.39, 0.29) is 25.1 Å². The first-order chi connectivity index (χ1) is 15.3. The van der Waals surface area contributed by atoms with Gasteiger partial charge < -0.3 is 14.4 Å². The lowest BCUT2D eigenvalue weighted by Gasteiger charge is -2.34. The van der Waals surface area contributed by atoms with E-state index in [2.05, 4.69) is 0 Å². The minimum atomic E-state index is -3.57. The Bertz CT molecular complexity index is 1050. The molecule has 8 heteroatoms. The zero-order valence-electron chi connectivity index (χ0n) is 18.6. The SMILES string of the molecule is Cc1ccc(S(=O)(=O)N2CCN(C(=O)c3ccc(OC[C@@H]4CCCO4)cc3)CC2)cc1C. The van der Waals surface area contributed by atoms with Crippen LogP contribution in [0.15, 0.2) is 47.4 Å². The van der Waals surface area contributed by atoms with Crippen LogP contribution in [0.2, 0.25) is 0 Å². The number of hydrogen-bond acceptors (Lipinski definition) is 5. The first-order valence-electron chi connectivity index (χ1n) is 11.1.